The first-order valence-electron chi connectivity index (χ1n) is 6.59. The third kappa shape index (κ3) is 4.80. The molecule has 0 amide bonds. The Morgan fingerprint density at radius 3 is 2.52 bits per heavy atom. The molecule has 0 bridgehead atoms. The molecule has 0 spiro atoms. The molecular weight excluding hydrogens is 373 g/mol. The van der Waals surface area contributed by atoms with Gasteiger partial charge in [-0.2, -0.15) is 0 Å². The van der Waals surface area contributed by atoms with Crippen LogP contribution in [-0.4, -0.2) is 6.10 Å². The van der Waals surface area contributed by atoms with E-state index in [1.807, 2.05) is 50.2 Å². The van der Waals surface area contributed by atoms with Crippen LogP contribution >= 0.6 is 39.1 Å². The van der Waals surface area contributed by atoms with Crippen LogP contribution in [0.2, 0.25) is 10.0 Å². The van der Waals surface area contributed by atoms with Crippen LogP contribution in [0.25, 0.3) is 0 Å². The van der Waals surface area contributed by atoms with E-state index in [1.54, 1.807) is 0 Å². The molecule has 0 saturated heterocycles. The summed E-state index contributed by atoms with van der Waals surface area (Å²) in [4.78, 5) is 0. The maximum atomic E-state index is 6.21. The smallest absolute Gasteiger partial charge is 0.138 e. The molecule has 2 nitrogen and oxygen atoms in total. The van der Waals surface area contributed by atoms with Crippen LogP contribution in [0.1, 0.15) is 19.4 Å². The number of nitrogens with one attached hydrogen (secondary N) is 1. The van der Waals surface area contributed by atoms with Gasteiger partial charge in [0.2, 0.25) is 0 Å². The van der Waals surface area contributed by atoms with Gasteiger partial charge in [0.1, 0.15) is 5.75 Å². The zero-order valence-corrected chi connectivity index (χ0v) is 14.9. The van der Waals surface area contributed by atoms with E-state index < -0.39 is 0 Å². The van der Waals surface area contributed by atoms with Crippen molar-refractivity contribution < 1.29 is 4.74 Å². The van der Waals surface area contributed by atoms with Crippen molar-refractivity contribution in [2.75, 3.05) is 5.32 Å². The molecule has 0 aliphatic rings. The first kappa shape index (κ1) is 16.5. The normalized spacial score (nSPS) is 10.8. The molecule has 2 rings (SSSR count). The van der Waals surface area contributed by atoms with E-state index in [1.165, 1.54) is 0 Å². The molecule has 0 aromatic heterocycles. The summed E-state index contributed by atoms with van der Waals surface area (Å²) in [5.74, 6) is 0.692. The van der Waals surface area contributed by atoms with Gasteiger partial charge in [-0.3, -0.25) is 0 Å². The van der Waals surface area contributed by atoms with Crippen LogP contribution in [0.5, 0.6) is 5.75 Å². The van der Waals surface area contributed by atoms with E-state index >= 15 is 0 Å². The Balaban J connectivity index is 2.07. The minimum atomic E-state index is 0.0989. The SMILES string of the molecule is CC(C)Oc1ccc(NCc2cc(Br)ccc2Cl)cc1Cl. The van der Waals surface area contributed by atoms with Gasteiger partial charge in [-0.15, -0.1) is 0 Å². The maximum Gasteiger partial charge on any atom is 0.138 e. The van der Waals surface area contributed by atoms with Gasteiger partial charge in [0.15, 0.2) is 0 Å². The highest BCUT2D eigenvalue weighted by Gasteiger charge is 2.06. The molecule has 2 aromatic carbocycles. The van der Waals surface area contributed by atoms with E-state index in [2.05, 4.69) is 21.2 Å². The van der Waals surface area contributed by atoms with Crippen molar-refractivity contribution in [3.8, 4) is 5.75 Å². The number of ether oxygens (including phenoxy) is 1. The molecule has 0 fully saturated rings. The van der Waals surface area contributed by atoms with Crippen molar-refractivity contribution >= 4 is 44.8 Å². The molecule has 112 valence electrons. The van der Waals surface area contributed by atoms with Gasteiger partial charge in [0, 0.05) is 21.7 Å². The average Bonchev–Trinajstić information content (AvgIpc) is 2.42. The van der Waals surface area contributed by atoms with Gasteiger partial charge in [0.05, 0.1) is 11.1 Å². The molecule has 0 radical (unpaired) electrons. The lowest BCUT2D eigenvalue weighted by Gasteiger charge is -2.13. The monoisotopic (exact) mass is 387 g/mol. The van der Waals surface area contributed by atoms with E-state index in [9.17, 15) is 0 Å². The van der Waals surface area contributed by atoms with Crippen molar-refractivity contribution in [3.63, 3.8) is 0 Å². The number of rotatable bonds is 5. The molecule has 2 aromatic rings. The van der Waals surface area contributed by atoms with Gasteiger partial charge in [0.25, 0.3) is 0 Å². The molecule has 0 unspecified atom stereocenters. The summed E-state index contributed by atoms with van der Waals surface area (Å²) in [7, 11) is 0. The van der Waals surface area contributed by atoms with Gasteiger partial charge < -0.3 is 10.1 Å². The van der Waals surface area contributed by atoms with Crippen LogP contribution < -0.4 is 10.1 Å². The predicted molar refractivity (Wildman–Crippen MR) is 93.7 cm³/mol. The Morgan fingerprint density at radius 2 is 1.86 bits per heavy atom. The Morgan fingerprint density at radius 1 is 1.10 bits per heavy atom. The highest BCUT2D eigenvalue weighted by molar-refractivity contribution is 9.10. The fourth-order valence-corrected chi connectivity index (χ4v) is 2.65. The fourth-order valence-electron chi connectivity index (χ4n) is 1.84. The largest absolute Gasteiger partial charge is 0.489 e. The second-order valence-electron chi connectivity index (χ2n) is 4.90. The summed E-state index contributed by atoms with van der Waals surface area (Å²) in [6, 6.07) is 11.4. The van der Waals surface area contributed by atoms with Crippen LogP contribution in [0.15, 0.2) is 40.9 Å². The third-order valence-corrected chi connectivity index (χ3v) is 3.94. The van der Waals surface area contributed by atoms with Crippen LogP contribution in [-0.2, 0) is 6.54 Å². The number of benzene rings is 2. The Kier molecular flexibility index (Phi) is 5.80. The molecule has 0 aliphatic heterocycles. The van der Waals surface area contributed by atoms with Crippen molar-refractivity contribution in [3.05, 3.63) is 56.5 Å². The Hall–Kier alpha value is -0.900. The first-order valence-corrected chi connectivity index (χ1v) is 8.14. The molecule has 0 atom stereocenters. The zero-order chi connectivity index (χ0) is 15.4. The number of anilines is 1. The maximum absolute atomic E-state index is 6.21. The zero-order valence-electron chi connectivity index (χ0n) is 11.8. The lowest BCUT2D eigenvalue weighted by atomic mass is 10.2. The second kappa shape index (κ2) is 7.39. The van der Waals surface area contributed by atoms with Gasteiger partial charge in [-0.05, 0) is 55.8 Å². The minimum absolute atomic E-state index is 0.0989. The first-order chi connectivity index (χ1) is 9.95. The molecule has 5 heteroatoms. The van der Waals surface area contributed by atoms with Gasteiger partial charge >= 0.3 is 0 Å². The second-order valence-corrected chi connectivity index (χ2v) is 6.63. The highest BCUT2D eigenvalue weighted by Crippen LogP contribution is 2.29. The molecule has 21 heavy (non-hydrogen) atoms. The van der Waals surface area contributed by atoms with Crippen LogP contribution in [0.3, 0.4) is 0 Å². The van der Waals surface area contributed by atoms with Crippen LogP contribution in [0, 0.1) is 0 Å². The highest BCUT2D eigenvalue weighted by atomic mass is 79.9. The van der Waals surface area contributed by atoms with E-state index in [0.29, 0.717) is 17.3 Å². The molecule has 0 aliphatic carbocycles. The van der Waals surface area contributed by atoms with Gasteiger partial charge in [-0.1, -0.05) is 39.1 Å². The number of hydrogen-bond acceptors (Lipinski definition) is 2. The van der Waals surface area contributed by atoms with Crippen molar-refractivity contribution in [2.45, 2.75) is 26.5 Å². The third-order valence-electron chi connectivity index (χ3n) is 2.79. The summed E-state index contributed by atoms with van der Waals surface area (Å²) < 4.78 is 6.61. The Bertz CT molecular complexity index is 632. The van der Waals surface area contributed by atoms with Crippen LogP contribution in [0.4, 0.5) is 5.69 Å². The predicted octanol–water partition coefficient (Wildman–Crippen LogP) is 6.16. The fraction of sp³-hybridized carbons (Fsp3) is 0.250. The average molecular weight is 389 g/mol. The minimum Gasteiger partial charge on any atom is -0.489 e. The van der Waals surface area contributed by atoms with Crippen molar-refractivity contribution in [2.24, 2.45) is 0 Å². The lowest BCUT2D eigenvalue weighted by Crippen LogP contribution is -2.06. The summed E-state index contributed by atoms with van der Waals surface area (Å²) in [5, 5.41) is 4.63. The number of halogens is 3. The van der Waals surface area contributed by atoms with Gasteiger partial charge in [-0.25, -0.2) is 0 Å². The summed E-state index contributed by atoms with van der Waals surface area (Å²) in [6.07, 6.45) is 0.0989. The molecule has 0 heterocycles. The van der Waals surface area contributed by atoms with Crippen molar-refractivity contribution in [1.82, 2.24) is 0 Å². The molecule has 1 N–H and O–H groups in total. The summed E-state index contributed by atoms with van der Waals surface area (Å²) in [5.41, 5.74) is 1.94. The Labute approximate surface area is 143 Å². The van der Waals surface area contributed by atoms with E-state index in [4.69, 9.17) is 27.9 Å². The lowest BCUT2D eigenvalue weighted by molar-refractivity contribution is 0.242. The number of hydrogen-bond donors (Lipinski definition) is 1. The molecular formula is C16H16BrCl2NO. The van der Waals surface area contributed by atoms with E-state index in [-0.39, 0.29) is 6.10 Å². The standard InChI is InChI=1S/C16H16BrCl2NO/c1-10(2)21-16-6-4-13(8-15(16)19)20-9-11-7-12(17)3-5-14(11)18/h3-8,10,20H,9H2,1-2H3. The van der Waals surface area contributed by atoms with E-state index in [0.717, 1.165) is 20.7 Å². The topological polar surface area (TPSA) is 21.3 Å². The molecule has 0 saturated carbocycles. The summed E-state index contributed by atoms with van der Waals surface area (Å²) in [6.45, 7) is 4.56. The quantitative estimate of drug-likeness (QED) is 0.662. The van der Waals surface area contributed by atoms with Crippen molar-refractivity contribution in [1.29, 1.82) is 0 Å². The summed E-state index contributed by atoms with van der Waals surface area (Å²) >= 11 is 15.8.